The maximum absolute atomic E-state index is 12.9. The summed E-state index contributed by atoms with van der Waals surface area (Å²) in [6, 6.07) is 19.0. The van der Waals surface area contributed by atoms with Crippen LogP contribution in [-0.2, 0) is 10.0 Å². The van der Waals surface area contributed by atoms with Crippen molar-refractivity contribution in [3.05, 3.63) is 83.4 Å². The van der Waals surface area contributed by atoms with Crippen LogP contribution in [0.4, 0.5) is 11.4 Å². The first-order valence-electron chi connectivity index (χ1n) is 9.34. The summed E-state index contributed by atoms with van der Waals surface area (Å²) in [6.45, 7) is 3.95. The van der Waals surface area contributed by atoms with Crippen LogP contribution in [0, 0.1) is 13.8 Å². The van der Waals surface area contributed by atoms with Gasteiger partial charge in [0.25, 0.3) is 15.9 Å². The second kappa shape index (κ2) is 8.93. The van der Waals surface area contributed by atoms with Crippen molar-refractivity contribution in [2.45, 2.75) is 23.6 Å². The first kappa shape index (κ1) is 21.9. The van der Waals surface area contributed by atoms with E-state index in [1.165, 1.54) is 11.4 Å². The number of carbonyl (C=O) groups is 1. The van der Waals surface area contributed by atoms with Crippen molar-refractivity contribution in [2.24, 2.45) is 0 Å². The molecule has 156 valence electrons. The third-order valence-corrected chi connectivity index (χ3v) is 7.61. The highest BCUT2D eigenvalue weighted by Crippen LogP contribution is 2.25. The van der Waals surface area contributed by atoms with Crippen molar-refractivity contribution in [3.8, 4) is 0 Å². The summed E-state index contributed by atoms with van der Waals surface area (Å²) in [5.74, 6) is -0.242. The van der Waals surface area contributed by atoms with Gasteiger partial charge in [0.1, 0.15) is 0 Å². The lowest BCUT2D eigenvalue weighted by atomic mass is 10.1. The molecule has 0 aliphatic rings. The van der Waals surface area contributed by atoms with Crippen molar-refractivity contribution in [3.63, 3.8) is 0 Å². The molecular weight excluding hydrogens is 416 g/mol. The molecule has 7 heteroatoms. The van der Waals surface area contributed by atoms with Gasteiger partial charge in [0.2, 0.25) is 0 Å². The monoisotopic (exact) mass is 440 g/mol. The Morgan fingerprint density at radius 1 is 0.933 bits per heavy atom. The summed E-state index contributed by atoms with van der Waals surface area (Å²) >= 11 is 1.55. The van der Waals surface area contributed by atoms with E-state index in [-0.39, 0.29) is 10.8 Å². The molecule has 0 saturated heterocycles. The fourth-order valence-corrected chi connectivity index (χ4v) is 4.55. The van der Waals surface area contributed by atoms with Gasteiger partial charge in [-0.15, -0.1) is 11.8 Å². The van der Waals surface area contributed by atoms with Gasteiger partial charge in [0.15, 0.2) is 0 Å². The van der Waals surface area contributed by atoms with E-state index in [1.54, 1.807) is 60.3 Å². The second-order valence-corrected chi connectivity index (χ2v) is 9.75. The smallest absolute Gasteiger partial charge is 0.264 e. The number of hydrogen-bond acceptors (Lipinski definition) is 4. The second-order valence-electron chi connectivity index (χ2n) is 6.90. The normalized spacial score (nSPS) is 11.2. The van der Waals surface area contributed by atoms with Gasteiger partial charge >= 0.3 is 0 Å². The molecule has 0 radical (unpaired) electrons. The van der Waals surface area contributed by atoms with Gasteiger partial charge in [-0.2, -0.15) is 0 Å². The maximum Gasteiger partial charge on any atom is 0.264 e. The van der Waals surface area contributed by atoms with Crippen molar-refractivity contribution in [1.29, 1.82) is 0 Å². The number of benzene rings is 3. The zero-order valence-corrected chi connectivity index (χ0v) is 19.0. The highest BCUT2D eigenvalue weighted by molar-refractivity contribution is 7.98. The molecule has 3 aromatic rings. The van der Waals surface area contributed by atoms with Crippen LogP contribution in [0.3, 0.4) is 0 Å². The minimum Gasteiger partial charge on any atom is -0.322 e. The van der Waals surface area contributed by atoms with E-state index in [0.29, 0.717) is 11.3 Å². The molecule has 5 nitrogen and oxygen atoms in total. The van der Waals surface area contributed by atoms with E-state index in [0.717, 1.165) is 21.7 Å². The van der Waals surface area contributed by atoms with E-state index in [2.05, 4.69) is 5.32 Å². The van der Waals surface area contributed by atoms with E-state index in [9.17, 15) is 13.2 Å². The zero-order valence-electron chi connectivity index (χ0n) is 17.3. The minimum absolute atomic E-state index is 0.222. The number of aryl methyl sites for hydroxylation is 1. The highest BCUT2D eigenvalue weighted by atomic mass is 32.2. The van der Waals surface area contributed by atoms with E-state index in [4.69, 9.17) is 0 Å². The van der Waals surface area contributed by atoms with Crippen LogP contribution in [0.25, 0.3) is 0 Å². The third-order valence-electron chi connectivity index (χ3n) is 5.06. The lowest BCUT2D eigenvalue weighted by molar-refractivity contribution is 0.102. The molecular formula is C23H24N2O3S2. The number of nitrogens with zero attached hydrogens (tertiary/aromatic N) is 1. The Labute approximate surface area is 182 Å². The summed E-state index contributed by atoms with van der Waals surface area (Å²) in [6.07, 6.45) is 1.94. The van der Waals surface area contributed by atoms with Crippen LogP contribution in [0.15, 0.2) is 76.5 Å². The van der Waals surface area contributed by atoms with E-state index < -0.39 is 10.0 Å². The third kappa shape index (κ3) is 4.52. The predicted molar refractivity (Wildman–Crippen MR) is 124 cm³/mol. The Morgan fingerprint density at radius 3 is 2.17 bits per heavy atom. The fourth-order valence-electron chi connectivity index (χ4n) is 2.95. The van der Waals surface area contributed by atoms with Gasteiger partial charge < -0.3 is 5.32 Å². The lowest BCUT2D eigenvalue weighted by Gasteiger charge is -2.20. The van der Waals surface area contributed by atoms with Gasteiger partial charge in [-0.05, 0) is 85.8 Å². The maximum atomic E-state index is 12.9. The standard InChI is InChI=1S/C23H24N2O3S2/c1-16-6-5-7-22(17(16)2)24-23(26)18-8-10-19(11-9-18)25(3)30(27,28)21-14-12-20(29-4)13-15-21/h5-15H,1-4H3,(H,24,26). The van der Waals surface area contributed by atoms with E-state index >= 15 is 0 Å². The Hall–Kier alpha value is -2.77. The molecule has 3 aromatic carbocycles. The average molecular weight is 441 g/mol. The number of nitrogens with one attached hydrogen (secondary N) is 1. The minimum atomic E-state index is -3.69. The van der Waals surface area contributed by atoms with Gasteiger partial charge in [-0.3, -0.25) is 9.10 Å². The number of thioether (sulfide) groups is 1. The van der Waals surface area contributed by atoms with Gasteiger partial charge in [0, 0.05) is 23.2 Å². The van der Waals surface area contributed by atoms with Crippen molar-refractivity contribution in [2.75, 3.05) is 22.9 Å². The summed E-state index contributed by atoms with van der Waals surface area (Å²) < 4.78 is 27.0. The molecule has 30 heavy (non-hydrogen) atoms. The molecule has 0 heterocycles. The first-order valence-corrected chi connectivity index (χ1v) is 12.0. The van der Waals surface area contributed by atoms with Crippen LogP contribution in [0.5, 0.6) is 0 Å². The first-order chi connectivity index (χ1) is 14.2. The Balaban J connectivity index is 1.78. The number of anilines is 2. The number of rotatable bonds is 6. The lowest BCUT2D eigenvalue weighted by Crippen LogP contribution is -2.26. The van der Waals surface area contributed by atoms with E-state index in [1.807, 2.05) is 38.3 Å². The highest BCUT2D eigenvalue weighted by Gasteiger charge is 2.21. The molecule has 0 spiro atoms. The van der Waals surface area contributed by atoms with Crippen LogP contribution in [-0.4, -0.2) is 27.6 Å². The molecule has 0 fully saturated rings. The molecule has 0 saturated carbocycles. The predicted octanol–water partition coefficient (Wildman–Crippen LogP) is 5.10. The quantitative estimate of drug-likeness (QED) is 0.542. The molecule has 0 bridgehead atoms. The zero-order chi connectivity index (χ0) is 21.9. The topological polar surface area (TPSA) is 66.5 Å². The fraction of sp³-hybridized carbons (Fsp3) is 0.174. The molecule has 1 N–H and O–H groups in total. The van der Waals surface area contributed by atoms with Gasteiger partial charge in [-0.25, -0.2) is 8.42 Å². The Bertz CT molecular complexity index is 1160. The average Bonchev–Trinajstić information content (AvgIpc) is 2.76. The summed E-state index contributed by atoms with van der Waals surface area (Å²) in [5, 5.41) is 2.91. The van der Waals surface area contributed by atoms with Crippen molar-refractivity contribution < 1.29 is 13.2 Å². The number of amides is 1. The van der Waals surface area contributed by atoms with Crippen LogP contribution < -0.4 is 9.62 Å². The Kier molecular flexibility index (Phi) is 6.53. The van der Waals surface area contributed by atoms with Crippen LogP contribution >= 0.6 is 11.8 Å². The molecule has 0 atom stereocenters. The molecule has 0 aliphatic heterocycles. The summed E-state index contributed by atoms with van der Waals surface area (Å²) in [4.78, 5) is 13.8. The number of hydrogen-bond donors (Lipinski definition) is 1. The summed E-state index contributed by atoms with van der Waals surface area (Å²) in [7, 11) is -2.18. The number of sulfonamides is 1. The largest absolute Gasteiger partial charge is 0.322 e. The SMILES string of the molecule is CSc1ccc(S(=O)(=O)N(C)c2ccc(C(=O)Nc3cccc(C)c3C)cc2)cc1. The summed E-state index contributed by atoms with van der Waals surface area (Å²) in [5.41, 5.74) is 3.81. The Morgan fingerprint density at radius 2 is 1.57 bits per heavy atom. The van der Waals surface area contributed by atoms with Crippen LogP contribution in [0.1, 0.15) is 21.5 Å². The van der Waals surface area contributed by atoms with Crippen molar-refractivity contribution in [1.82, 2.24) is 0 Å². The van der Waals surface area contributed by atoms with Gasteiger partial charge in [-0.1, -0.05) is 12.1 Å². The molecule has 1 amide bonds. The molecule has 0 aromatic heterocycles. The molecule has 0 unspecified atom stereocenters. The van der Waals surface area contributed by atoms with Crippen molar-refractivity contribution >= 4 is 39.1 Å². The van der Waals surface area contributed by atoms with Gasteiger partial charge in [0.05, 0.1) is 10.6 Å². The molecule has 3 rings (SSSR count). The van der Waals surface area contributed by atoms with Crippen LogP contribution in [0.2, 0.25) is 0 Å². The number of carbonyl (C=O) groups excluding carboxylic acids is 1. The molecule has 0 aliphatic carbocycles.